The molecule has 6 nitrogen and oxygen atoms in total. The van der Waals surface area contributed by atoms with Gasteiger partial charge in [-0.05, 0) is 58.4 Å². The summed E-state index contributed by atoms with van der Waals surface area (Å²) < 4.78 is 18.8. The summed E-state index contributed by atoms with van der Waals surface area (Å²) in [6.45, 7) is 3.10. The van der Waals surface area contributed by atoms with Gasteiger partial charge < -0.3 is 15.4 Å². The van der Waals surface area contributed by atoms with Crippen LogP contribution in [0, 0.1) is 5.82 Å². The highest BCUT2D eigenvalue weighted by Crippen LogP contribution is 2.20. The molecule has 2 N–H and O–H groups in total. The van der Waals surface area contributed by atoms with Crippen molar-refractivity contribution in [3.63, 3.8) is 0 Å². The highest BCUT2D eigenvalue weighted by molar-refractivity contribution is 9.10. The van der Waals surface area contributed by atoms with E-state index < -0.39 is 5.82 Å². The molecule has 1 aliphatic heterocycles. The van der Waals surface area contributed by atoms with E-state index >= 15 is 0 Å². The van der Waals surface area contributed by atoms with Crippen molar-refractivity contribution in [1.29, 1.82) is 0 Å². The molecule has 0 saturated carbocycles. The number of anilines is 2. The average molecular weight is 436 g/mol. The summed E-state index contributed by atoms with van der Waals surface area (Å²) in [7, 11) is 0. The second-order valence-electron chi connectivity index (χ2n) is 6.09. The molecule has 8 heteroatoms. The van der Waals surface area contributed by atoms with Gasteiger partial charge in [0.05, 0.1) is 25.3 Å². The van der Waals surface area contributed by atoms with Crippen molar-refractivity contribution < 1.29 is 18.7 Å². The Morgan fingerprint density at radius 3 is 2.30 bits per heavy atom. The van der Waals surface area contributed by atoms with E-state index in [0.29, 0.717) is 41.2 Å². The summed E-state index contributed by atoms with van der Waals surface area (Å²) in [5.74, 6) is -0.870. The predicted molar refractivity (Wildman–Crippen MR) is 104 cm³/mol. The van der Waals surface area contributed by atoms with E-state index in [1.54, 1.807) is 24.3 Å². The quantitative estimate of drug-likeness (QED) is 0.756. The number of nitrogens with one attached hydrogen (secondary N) is 2. The molecule has 0 spiro atoms. The molecular weight excluding hydrogens is 417 g/mol. The lowest BCUT2D eigenvalue weighted by Crippen LogP contribution is -2.41. The molecule has 0 unspecified atom stereocenters. The first-order chi connectivity index (χ1) is 13.0. The number of hydrogen-bond acceptors (Lipinski definition) is 4. The minimum Gasteiger partial charge on any atom is -0.379 e. The molecule has 1 saturated heterocycles. The number of amides is 2. The molecule has 1 heterocycles. The molecule has 27 heavy (non-hydrogen) atoms. The van der Waals surface area contributed by atoms with Crippen molar-refractivity contribution in [3.8, 4) is 0 Å². The highest BCUT2D eigenvalue weighted by Gasteiger charge is 2.14. The zero-order valence-electron chi connectivity index (χ0n) is 14.5. The maximum Gasteiger partial charge on any atom is 0.256 e. The molecule has 142 valence electrons. The van der Waals surface area contributed by atoms with Crippen molar-refractivity contribution in [2.75, 3.05) is 43.5 Å². The van der Waals surface area contributed by atoms with Gasteiger partial charge in [-0.1, -0.05) is 0 Å². The zero-order valence-corrected chi connectivity index (χ0v) is 16.1. The topological polar surface area (TPSA) is 70.7 Å². The molecular formula is C19H19BrFN3O3. The number of ether oxygens (including phenoxy) is 1. The van der Waals surface area contributed by atoms with Gasteiger partial charge in [0, 0.05) is 28.9 Å². The van der Waals surface area contributed by atoms with E-state index in [2.05, 4.69) is 26.6 Å². The van der Waals surface area contributed by atoms with Gasteiger partial charge in [0.2, 0.25) is 5.91 Å². The van der Waals surface area contributed by atoms with Crippen LogP contribution in [0.5, 0.6) is 0 Å². The van der Waals surface area contributed by atoms with Gasteiger partial charge >= 0.3 is 0 Å². The van der Waals surface area contributed by atoms with E-state index in [9.17, 15) is 14.0 Å². The van der Waals surface area contributed by atoms with E-state index in [0.717, 1.165) is 13.1 Å². The van der Waals surface area contributed by atoms with Crippen molar-refractivity contribution in [2.45, 2.75) is 0 Å². The van der Waals surface area contributed by atoms with Gasteiger partial charge in [0.15, 0.2) is 0 Å². The van der Waals surface area contributed by atoms with Crippen molar-refractivity contribution in [3.05, 3.63) is 58.3 Å². The zero-order chi connectivity index (χ0) is 19.2. The van der Waals surface area contributed by atoms with Crippen molar-refractivity contribution >= 4 is 39.1 Å². The molecule has 0 aromatic heterocycles. The smallest absolute Gasteiger partial charge is 0.256 e. The summed E-state index contributed by atoms with van der Waals surface area (Å²) in [5.41, 5.74) is 1.55. The third-order valence-electron chi connectivity index (χ3n) is 4.07. The van der Waals surface area contributed by atoms with Crippen molar-refractivity contribution in [1.82, 2.24) is 4.90 Å². The minimum atomic E-state index is -0.421. The molecule has 2 amide bonds. The second-order valence-corrected chi connectivity index (χ2v) is 6.95. The maximum atomic E-state index is 13.1. The Balaban J connectivity index is 1.55. The van der Waals surface area contributed by atoms with Gasteiger partial charge in [-0.3, -0.25) is 14.5 Å². The summed E-state index contributed by atoms with van der Waals surface area (Å²) in [6, 6.07) is 10.7. The van der Waals surface area contributed by atoms with Crippen LogP contribution in [0.2, 0.25) is 0 Å². The number of halogens is 2. The third-order valence-corrected chi connectivity index (χ3v) is 4.73. The lowest BCUT2D eigenvalue weighted by Gasteiger charge is -2.25. The van der Waals surface area contributed by atoms with Crippen LogP contribution >= 0.6 is 15.9 Å². The standard InChI is InChI=1S/C19H19BrFN3O3/c20-17-11-13(21)1-6-16(17)19(26)23-15-4-2-14(3-5-15)22-18(25)12-24-7-9-27-10-8-24/h1-6,11H,7-10,12H2,(H,22,25)(H,23,26). The molecule has 0 atom stereocenters. The average Bonchev–Trinajstić information content (AvgIpc) is 2.64. The summed E-state index contributed by atoms with van der Waals surface area (Å²) in [6.07, 6.45) is 0. The van der Waals surface area contributed by atoms with Crippen LogP contribution in [0.1, 0.15) is 10.4 Å². The number of morpholine rings is 1. The number of benzene rings is 2. The molecule has 0 aliphatic carbocycles. The first kappa shape index (κ1) is 19.5. The van der Waals surface area contributed by atoms with Gasteiger partial charge in [-0.15, -0.1) is 0 Å². The number of hydrogen-bond donors (Lipinski definition) is 2. The van der Waals surface area contributed by atoms with Crippen LogP contribution in [-0.4, -0.2) is 49.6 Å². The van der Waals surface area contributed by atoms with E-state index in [-0.39, 0.29) is 11.8 Å². The number of carbonyl (C=O) groups is 2. The van der Waals surface area contributed by atoms with Gasteiger partial charge in [0.25, 0.3) is 5.91 Å². The minimum absolute atomic E-state index is 0.0936. The fourth-order valence-electron chi connectivity index (χ4n) is 2.67. The first-order valence-corrected chi connectivity index (χ1v) is 9.27. The number of carbonyl (C=O) groups excluding carboxylic acids is 2. The summed E-state index contributed by atoms with van der Waals surface area (Å²) in [5, 5.41) is 5.57. The second kappa shape index (κ2) is 9.07. The van der Waals surface area contributed by atoms with Crippen LogP contribution in [0.15, 0.2) is 46.9 Å². The van der Waals surface area contributed by atoms with Crippen LogP contribution < -0.4 is 10.6 Å². The number of rotatable bonds is 5. The van der Waals surface area contributed by atoms with E-state index in [4.69, 9.17) is 4.74 Å². The van der Waals surface area contributed by atoms with Crippen LogP contribution in [-0.2, 0) is 9.53 Å². The van der Waals surface area contributed by atoms with Crippen LogP contribution in [0.25, 0.3) is 0 Å². The normalized spacial score (nSPS) is 14.6. The molecule has 0 radical (unpaired) electrons. The Morgan fingerprint density at radius 2 is 1.67 bits per heavy atom. The Hall–Kier alpha value is -2.29. The lowest BCUT2D eigenvalue weighted by molar-refractivity contribution is -0.118. The van der Waals surface area contributed by atoms with E-state index in [1.807, 2.05) is 4.90 Å². The summed E-state index contributed by atoms with van der Waals surface area (Å²) >= 11 is 3.18. The Kier molecular flexibility index (Phi) is 6.54. The molecule has 0 bridgehead atoms. The largest absolute Gasteiger partial charge is 0.379 e. The fourth-order valence-corrected chi connectivity index (χ4v) is 3.20. The Morgan fingerprint density at radius 1 is 1.04 bits per heavy atom. The predicted octanol–water partition coefficient (Wildman–Crippen LogP) is 3.11. The van der Waals surface area contributed by atoms with Gasteiger partial charge in [-0.25, -0.2) is 4.39 Å². The fraction of sp³-hybridized carbons (Fsp3) is 0.263. The lowest BCUT2D eigenvalue weighted by atomic mass is 10.2. The Labute approximate surface area is 164 Å². The van der Waals surface area contributed by atoms with Crippen LogP contribution in [0.4, 0.5) is 15.8 Å². The summed E-state index contributed by atoms with van der Waals surface area (Å²) in [4.78, 5) is 26.4. The van der Waals surface area contributed by atoms with E-state index in [1.165, 1.54) is 18.2 Å². The molecule has 2 aromatic carbocycles. The third kappa shape index (κ3) is 5.59. The molecule has 1 aliphatic rings. The van der Waals surface area contributed by atoms with Gasteiger partial charge in [0.1, 0.15) is 5.82 Å². The molecule has 2 aromatic rings. The Bertz CT molecular complexity index is 823. The highest BCUT2D eigenvalue weighted by atomic mass is 79.9. The SMILES string of the molecule is O=C(CN1CCOCC1)Nc1ccc(NC(=O)c2ccc(F)cc2Br)cc1. The first-order valence-electron chi connectivity index (χ1n) is 8.48. The molecule has 3 rings (SSSR count). The van der Waals surface area contributed by atoms with Crippen molar-refractivity contribution in [2.24, 2.45) is 0 Å². The monoisotopic (exact) mass is 435 g/mol. The maximum absolute atomic E-state index is 13.1. The number of nitrogens with zero attached hydrogens (tertiary/aromatic N) is 1. The van der Waals surface area contributed by atoms with Crippen LogP contribution in [0.3, 0.4) is 0 Å². The van der Waals surface area contributed by atoms with Gasteiger partial charge in [-0.2, -0.15) is 0 Å². The molecule has 1 fully saturated rings.